The number of ether oxygens (including phenoxy) is 1. The van der Waals surface area contributed by atoms with Crippen LogP contribution in [-0.2, 0) is 13.1 Å². The zero-order chi connectivity index (χ0) is 21.5. The minimum Gasteiger partial charge on any atom is -0.493 e. The van der Waals surface area contributed by atoms with Crippen molar-refractivity contribution in [1.82, 2.24) is 18.9 Å². The maximum absolute atomic E-state index is 13.0. The van der Waals surface area contributed by atoms with Gasteiger partial charge >= 0.3 is 5.69 Å². The third-order valence-corrected chi connectivity index (χ3v) is 5.73. The third-order valence-electron chi connectivity index (χ3n) is 5.27. The molecule has 1 aliphatic rings. The lowest BCUT2D eigenvalue weighted by molar-refractivity contribution is -0.119. The Balaban J connectivity index is 1.55. The van der Waals surface area contributed by atoms with Gasteiger partial charge in [-0.15, -0.1) is 0 Å². The van der Waals surface area contributed by atoms with Crippen molar-refractivity contribution in [2.45, 2.75) is 45.7 Å². The summed E-state index contributed by atoms with van der Waals surface area (Å²) in [5.74, 6) is -2.16. The zero-order valence-corrected chi connectivity index (χ0v) is 18.4. The van der Waals surface area contributed by atoms with E-state index in [1.807, 2.05) is 37.0 Å². The van der Waals surface area contributed by atoms with Gasteiger partial charge in [-0.25, -0.2) is 13.6 Å². The number of alkyl halides is 2. The van der Waals surface area contributed by atoms with Crippen LogP contribution in [-0.4, -0.2) is 31.4 Å². The maximum atomic E-state index is 13.0. The van der Waals surface area contributed by atoms with Gasteiger partial charge in [-0.2, -0.15) is 5.10 Å². The lowest BCUT2D eigenvalue weighted by Crippen LogP contribution is -2.38. The van der Waals surface area contributed by atoms with E-state index in [0.29, 0.717) is 18.0 Å². The topological polar surface area (TPSA) is 54.0 Å². The Kier molecular flexibility index (Phi) is 5.57. The monoisotopic (exact) mass is 480 g/mol. The van der Waals surface area contributed by atoms with Gasteiger partial charge in [0.25, 0.3) is 0 Å². The Bertz CT molecular complexity index is 1110. The van der Waals surface area contributed by atoms with Crippen LogP contribution >= 0.6 is 15.9 Å². The summed E-state index contributed by atoms with van der Waals surface area (Å²) in [4.78, 5) is 13.0. The Labute approximate surface area is 181 Å². The van der Waals surface area contributed by atoms with Crippen molar-refractivity contribution in [3.63, 3.8) is 0 Å². The number of halogens is 3. The molecule has 30 heavy (non-hydrogen) atoms. The first-order valence-corrected chi connectivity index (χ1v) is 10.6. The second-order valence-electron chi connectivity index (χ2n) is 7.81. The van der Waals surface area contributed by atoms with E-state index in [1.54, 1.807) is 27.5 Å². The highest BCUT2D eigenvalue weighted by Gasteiger charge is 2.45. The summed E-state index contributed by atoms with van der Waals surface area (Å²) in [5.41, 5.74) is 2.22. The maximum Gasteiger partial charge on any atom is 0.333 e. The Hall–Kier alpha value is -2.42. The fourth-order valence-electron chi connectivity index (χ4n) is 3.78. The summed E-state index contributed by atoms with van der Waals surface area (Å²) >= 11 is 3.45. The molecule has 2 aromatic heterocycles. The Morgan fingerprint density at radius 3 is 2.70 bits per heavy atom. The SMILES string of the molecule is CCn1cc(Cn2cc(C)n(-c3cc(Br)cc(OCC4CC(F)(F)C4)c3)c2=O)cn1. The molecule has 0 unspecified atom stereocenters. The van der Waals surface area contributed by atoms with Gasteiger partial charge in [0.2, 0.25) is 5.92 Å². The summed E-state index contributed by atoms with van der Waals surface area (Å²) < 4.78 is 37.6. The summed E-state index contributed by atoms with van der Waals surface area (Å²) in [6, 6.07) is 5.37. The zero-order valence-electron chi connectivity index (χ0n) is 16.8. The molecule has 1 aromatic carbocycles. The van der Waals surface area contributed by atoms with Gasteiger partial charge < -0.3 is 4.74 Å². The van der Waals surface area contributed by atoms with E-state index in [1.165, 1.54) is 0 Å². The van der Waals surface area contributed by atoms with Crippen molar-refractivity contribution < 1.29 is 13.5 Å². The normalized spacial score (nSPS) is 15.9. The summed E-state index contributed by atoms with van der Waals surface area (Å²) in [6.45, 7) is 5.31. The molecule has 1 saturated carbocycles. The first-order valence-electron chi connectivity index (χ1n) is 9.86. The van der Waals surface area contributed by atoms with E-state index in [4.69, 9.17) is 4.74 Å². The van der Waals surface area contributed by atoms with Crippen LogP contribution in [0.1, 0.15) is 31.0 Å². The number of nitrogens with zero attached hydrogens (tertiary/aromatic N) is 4. The molecule has 0 radical (unpaired) electrons. The van der Waals surface area contributed by atoms with Crippen molar-refractivity contribution in [2.24, 2.45) is 5.92 Å². The van der Waals surface area contributed by atoms with Crippen molar-refractivity contribution in [3.05, 3.63) is 63.0 Å². The number of hydrogen-bond acceptors (Lipinski definition) is 3. The minimum absolute atomic E-state index is 0.135. The van der Waals surface area contributed by atoms with Crippen LogP contribution in [0.3, 0.4) is 0 Å². The van der Waals surface area contributed by atoms with Gasteiger partial charge in [0.05, 0.1) is 25.0 Å². The molecule has 2 heterocycles. The first-order chi connectivity index (χ1) is 14.2. The molecule has 0 amide bonds. The minimum atomic E-state index is -2.56. The molecule has 0 N–H and O–H groups in total. The van der Waals surface area contributed by atoms with E-state index in [9.17, 15) is 13.6 Å². The molecule has 0 saturated heterocycles. The number of aryl methyl sites for hydroxylation is 2. The van der Waals surface area contributed by atoms with E-state index < -0.39 is 5.92 Å². The van der Waals surface area contributed by atoms with Crippen molar-refractivity contribution in [3.8, 4) is 11.4 Å². The van der Waals surface area contributed by atoms with E-state index in [-0.39, 0.29) is 31.1 Å². The second-order valence-corrected chi connectivity index (χ2v) is 8.72. The van der Waals surface area contributed by atoms with Gasteiger partial charge in [0.15, 0.2) is 0 Å². The number of benzene rings is 1. The van der Waals surface area contributed by atoms with E-state index >= 15 is 0 Å². The predicted octanol–water partition coefficient (Wildman–Crippen LogP) is 4.40. The fraction of sp³-hybridized carbons (Fsp3) is 0.429. The van der Waals surface area contributed by atoms with Crippen LogP contribution in [0.15, 0.2) is 46.1 Å². The summed E-state index contributed by atoms with van der Waals surface area (Å²) in [6.07, 6.45) is 5.23. The second kappa shape index (κ2) is 8.02. The standard InChI is InChI=1S/C21H23BrF2N4O2/c1-3-27-12-16(9-25-27)11-26-10-14(2)28(20(26)29)18-4-17(22)5-19(6-18)30-13-15-7-21(23,24)8-15/h4-6,9-10,12,15H,3,7-8,11,13H2,1-2H3. The molecule has 4 rings (SSSR count). The molecule has 0 spiro atoms. The van der Waals surface area contributed by atoms with E-state index in [0.717, 1.165) is 22.3 Å². The number of hydrogen-bond donors (Lipinski definition) is 0. The summed E-state index contributed by atoms with van der Waals surface area (Å²) in [5, 5.41) is 4.25. The number of aromatic nitrogens is 4. The van der Waals surface area contributed by atoms with Gasteiger partial charge in [0.1, 0.15) is 5.75 Å². The fourth-order valence-corrected chi connectivity index (χ4v) is 4.24. The smallest absolute Gasteiger partial charge is 0.333 e. The number of imidazole rings is 1. The molecule has 9 heteroatoms. The highest BCUT2D eigenvalue weighted by molar-refractivity contribution is 9.10. The van der Waals surface area contributed by atoms with Gasteiger partial charge in [-0.1, -0.05) is 15.9 Å². The molecule has 0 aliphatic heterocycles. The van der Waals surface area contributed by atoms with Gasteiger partial charge in [-0.05, 0) is 26.0 Å². The molecule has 6 nitrogen and oxygen atoms in total. The quantitative estimate of drug-likeness (QED) is 0.503. The molecule has 1 aliphatic carbocycles. The predicted molar refractivity (Wildman–Crippen MR) is 113 cm³/mol. The van der Waals surface area contributed by atoms with Crippen LogP contribution in [0.2, 0.25) is 0 Å². The van der Waals surface area contributed by atoms with E-state index in [2.05, 4.69) is 21.0 Å². The van der Waals surface area contributed by atoms with Crippen molar-refractivity contribution in [1.29, 1.82) is 0 Å². The molecule has 0 atom stereocenters. The van der Waals surface area contributed by atoms with Crippen LogP contribution < -0.4 is 10.4 Å². The van der Waals surface area contributed by atoms with Crippen LogP contribution in [0.25, 0.3) is 5.69 Å². The highest BCUT2D eigenvalue weighted by atomic mass is 79.9. The molecule has 0 bridgehead atoms. The highest BCUT2D eigenvalue weighted by Crippen LogP contribution is 2.42. The molecular weight excluding hydrogens is 458 g/mol. The average molecular weight is 481 g/mol. The van der Waals surface area contributed by atoms with Crippen LogP contribution in [0.4, 0.5) is 8.78 Å². The Morgan fingerprint density at radius 2 is 2.03 bits per heavy atom. The first kappa shape index (κ1) is 20.8. The van der Waals surface area contributed by atoms with Crippen LogP contribution in [0, 0.1) is 12.8 Å². The third kappa shape index (κ3) is 4.35. The molecular formula is C21H23BrF2N4O2. The van der Waals surface area contributed by atoms with Crippen LogP contribution in [0.5, 0.6) is 5.75 Å². The lowest BCUT2D eigenvalue weighted by Gasteiger charge is -2.34. The number of rotatable bonds is 7. The lowest BCUT2D eigenvalue weighted by atomic mass is 9.82. The van der Waals surface area contributed by atoms with Crippen molar-refractivity contribution >= 4 is 15.9 Å². The van der Waals surface area contributed by atoms with Gasteiger partial charge in [0, 0.05) is 59.5 Å². The molecule has 3 aromatic rings. The Morgan fingerprint density at radius 1 is 1.27 bits per heavy atom. The molecule has 1 fully saturated rings. The summed E-state index contributed by atoms with van der Waals surface area (Å²) in [7, 11) is 0. The van der Waals surface area contributed by atoms with Crippen molar-refractivity contribution in [2.75, 3.05) is 6.61 Å². The average Bonchev–Trinajstić information content (AvgIpc) is 3.22. The molecule has 160 valence electrons. The van der Waals surface area contributed by atoms with Gasteiger partial charge in [-0.3, -0.25) is 13.8 Å². The largest absolute Gasteiger partial charge is 0.493 e.